The molecule has 0 aliphatic heterocycles. The molecule has 1 rings (SSSR count). The van der Waals surface area contributed by atoms with Crippen LogP contribution in [-0.2, 0) is 4.79 Å². The van der Waals surface area contributed by atoms with Crippen molar-refractivity contribution in [3.63, 3.8) is 0 Å². The summed E-state index contributed by atoms with van der Waals surface area (Å²) in [4.78, 5) is 20.3. The zero-order valence-electron chi connectivity index (χ0n) is 9.56. The minimum absolute atomic E-state index is 0.0485. The Morgan fingerprint density at radius 1 is 1.44 bits per heavy atom. The number of rotatable bonds is 7. The fraction of sp³-hybridized carbons (Fsp3) is 0.364. The van der Waals surface area contributed by atoms with Crippen molar-refractivity contribution in [1.82, 2.24) is 0 Å². The Bertz CT molecular complexity index is 451. The zero-order chi connectivity index (χ0) is 13.5. The van der Waals surface area contributed by atoms with E-state index in [1.807, 2.05) is 0 Å². The number of aliphatic carboxylic acids is 1. The number of nitrogens with zero attached hydrogens (tertiary/aromatic N) is 1. The molecule has 2 N–H and O–H groups in total. The molecular formula is C11H13FN2O4. The quantitative estimate of drug-likeness (QED) is 0.444. The molecule has 18 heavy (non-hydrogen) atoms. The van der Waals surface area contributed by atoms with Gasteiger partial charge >= 0.3 is 5.97 Å². The number of hydrogen-bond acceptors (Lipinski definition) is 4. The Labute approximate surface area is 103 Å². The van der Waals surface area contributed by atoms with Crippen LogP contribution in [0.3, 0.4) is 0 Å². The van der Waals surface area contributed by atoms with E-state index < -0.39 is 16.7 Å². The monoisotopic (exact) mass is 256 g/mol. The topological polar surface area (TPSA) is 92.5 Å². The molecule has 0 bridgehead atoms. The molecule has 0 saturated carbocycles. The van der Waals surface area contributed by atoms with Gasteiger partial charge in [-0.2, -0.15) is 0 Å². The third-order valence-corrected chi connectivity index (χ3v) is 2.29. The summed E-state index contributed by atoms with van der Waals surface area (Å²) < 4.78 is 13.0. The maximum atomic E-state index is 13.0. The smallest absolute Gasteiger partial charge is 0.303 e. The van der Waals surface area contributed by atoms with Gasteiger partial charge in [-0.25, -0.2) is 4.39 Å². The first-order chi connectivity index (χ1) is 8.50. The number of benzene rings is 1. The van der Waals surface area contributed by atoms with Crippen LogP contribution in [-0.4, -0.2) is 22.5 Å². The van der Waals surface area contributed by atoms with Gasteiger partial charge < -0.3 is 10.4 Å². The van der Waals surface area contributed by atoms with Crippen molar-refractivity contribution < 1.29 is 19.2 Å². The number of hydrogen-bond donors (Lipinski definition) is 2. The molecule has 0 aliphatic rings. The summed E-state index contributed by atoms with van der Waals surface area (Å²) in [7, 11) is 0. The van der Waals surface area contributed by atoms with E-state index in [4.69, 9.17) is 5.11 Å². The molecule has 0 atom stereocenters. The summed E-state index contributed by atoms with van der Waals surface area (Å²) in [5.74, 6) is -1.44. The first kappa shape index (κ1) is 13.9. The zero-order valence-corrected chi connectivity index (χ0v) is 9.56. The van der Waals surface area contributed by atoms with Gasteiger partial charge in [-0.15, -0.1) is 0 Å². The van der Waals surface area contributed by atoms with Crippen molar-refractivity contribution in [2.75, 3.05) is 11.9 Å². The number of nitro groups is 1. The van der Waals surface area contributed by atoms with Gasteiger partial charge in [-0.3, -0.25) is 14.9 Å². The molecule has 0 heterocycles. The largest absolute Gasteiger partial charge is 0.481 e. The molecular weight excluding hydrogens is 243 g/mol. The number of anilines is 1. The van der Waals surface area contributed by atoms with Crippen molar-refractivity contribution in [2.45, 2.75) is 19.3 Å². The van der Waals surface area contributed by atoms with Crippen molar-refractivity contribution in [2.24, 2.45) is 0 Å². The lowest BCUT2D eigenvalue weighted by Crippen LogP contribution is -2.05. The highest BCUT2D eigenvalue weighted by Crippen LogP contribution is 2.24. The molecule has 98 valence electrons. The van der Waals surface area contributed by atoms with Crippen LogP contribution >= 0.6 is 0 Å². The predicted octanol–water partition coefficient (Wildman–Crippen LogP) is 2.40. The summed E-state index contributed by atoms with van der Waals surface area (Å²) in [6.07, 6.45) is 1.05. The van der Waals surface area contributed by atoms with E-state index in [1.165, 1.54) is 0 Å². The van der Waals surface area contributed by atoms with Crippen LogP contribution in [0.15, 0.2) is 18.2 Å². The molecule has 0 radical (unpaired) electrons. The second-order valence-corrected chi connectivity index (χ2v) is 3.70. The molecule has 6 nitrogen and oxygen atoms in total. The molecule has 0 unspecified atom stereocenters. The number of carboxylic acid groups (broad SMARTS) is 1. The van der Waals surface area contributed by atoms with Crippen LogP contribution in [0.2, 0.25) is 0 Å². The molecule has 1 aromatic rings. The third kappa shape index (κ3) is 4.36. The maximum Gasteiger partial charge on any atom is 0.303 e. The Balaban J connectivity index is 2.53. The van der Waals surface area contributed by atoms with E-state index in [0.717, 1.165) is 18.2 Å². The predicted molar refractivity (Wildman–Crippen MR) is 63.0 cm³/mol. The van der Waals surface area contributed by atoms with Gasteiger partial charge in [0.15, 0.2) is 0 Å². The van der Waals surface area contributed by atoms with Crippen LogP contribution in [0.4, 0.5) is 15.8 Å². The van der Waals surface area contributed by atoms with E-state index in [2.05, 4.69) is 5.32 Å². The maximum absolute atomic E-state index is 13.0. The lowest BCUT2D eigenvalue weighted by molar-refractivity contribution is -0.384. The lowest BCUT2D eigenvalue weighted by atomic mass is 10.2. The van der Waals surface area contributed by atoms with Crippen LogP contribution in [0.25, 0.3) is 0 Å². The molecule has 7 heteroatoms. The van der Waals surface area contributed by atoms with Crippen molar-refractivity contribution in [1.29, 1.82) is 0 Å². The van der Waals surface area contributed by atoms with Gasteiger partial charge in [-0.1, -0.05) is 0 Å². The first-order valence-corrected chi connectivity index (χ1v) is 5.40. The highest BCUT2D eigenvalue weighted by atomic mass is 19.1. The van der Waals surface area contributed by atoms with Gasteiger partial charge in [0.1, 0.15) is 11.5 Å². The summed E-state index contributed by atoms with van der Waals surface area (Å²) in [6.45, 7) is 0.359. The Morgan fingerprint density at radius 2 is 2.17 bits per heavy atom. The molecule has 0 spiro atoms. The number of unbranched alkanes of at least 4 members (excludes halogenated alkanes) is 1. The molecule has 0 amide bonds. The number of nitrogens with one attached hydrogen (secondary N) is 1. The van der Waals surface area contributed by atoms with Crippen molar-refractivity contribution >= 4 is 17.3 Å². The highest BCUT2D eigenvalue weighted by Gasteiger charge is 2.13. The fourth-order valence-electron chi connectivity index (χ4n) is 1.43. The minimum atomic E-state index is -0.883. The third-order valence-electron chi connectivity index (χ3n) is 2.29. The first-order valence-electron chi connectivity index (χ1n) is 5.40. The molecule has 0 aromatic heterocycles. The molecule has 0 fully saturated rings. The van der Waals surface area contributed by atoms with Crippen LogP contribution in [0.5, 0.6) is 0 Å². The summed E-state index contributed by atoms with van der Waals surface area (Å²) in [6, 6.07) is 3.16. The van der Waals surface area contributed by atoms with Crippen LogP contribution in [0, 0.1) is 15.9 Å². The van der Waals surface area contributed by atoms with Gasteiger partial charge in [0.05, 0.1) is 4.92 Å². The van der Waals surface area contributed by atoms with Gasteiger partial charge in [0, 0.05) is 25.1 Å². The highest BCUT2D eigenvalue weighted by molar-refractivity contribution is 5.66. The van der Waals surface area contributed by atoms with E-state index in [1.54, 1.807) is 0 Å². The van der Waals surface area contributed by atoms with Gasteiger partial charge in [-0.05, 0) is 18.9 Å². The molecule has 0 saturated heterocycles. The van der Waals surface area contributed by atoms with Gasteiger partial charge in [0.2, 0.25) is 0 Å². The van der Waals surface area contributed by atoms with E-state index >= 15 is 0 Å². The lowest BCUT2D eigenvalue weighted by Gasteiger charge is -2.06. The fourth-order valence-corrected chi connectivity index (χ4v) is 1.43. The summed E-state index contributed by atoms with van der Waals surface area (Å²) in [5.41, 5.74) is -0.0926. The van der Waals surface area contributed by atoms with Gasteiger partial charge in [0.25, 0.3) is 5.69 Å². The van der Waals surface area contributed by atoms with E-state index in [0.29, 0.717) is 19.4 Å². The Morgan fingerprint density at radius 3 is 2.78 bits per heavy atom. The number of carboxylic acids is 1. The average Bonchev–Trinajstić information content (AvgIpc) is 2.27. The van der Waals surface area contributed by atoms with Crippen molar-refractivity contribution in [3.05, 3.63) is 34.1 Å². The Hall–Kier alpha value is -2.18. The van der Waals surface area contributed by atoms with E-state index in [9.17, 15) is 19.3 Å². The molecule has 0 aliphatic carbocycles. The normalized spacial score (nSPS) is 10.1. The summed E-state index contributed by atoms with van der Waals surface area (Å²) in [5, 5.41) is 21.8. The number of halogens is 1. The van der Waals surface area contributed by atoms with E-state index in [-0.39, 0.29) is 17.8 Å². The standard InChI is InChI=1S/C11H13FN2O4/c12-8-4-5-10(14(17)18)9(7-8)13-6-2-1-3-11(15)16/h4-5,7,13H,1-3,6H2,(H,15,16). The number of nitro benzene ring substituents is 1. The molecule has 1 aromatic carbocycles. The Kier molecular flexibility index (Phi) is 5.04. The van der Waals surface area contributed by atoms with Crippen LogP contribution in [0.1, 0.15) is 19.3 Å². The second-order valence-electron chi connectivity index (χ2n) is 3.70. The summed E-state index contributed by atoms with van der Waals surface area (Å²) >= 11 is 0. The van der Waals surface area contributed by atoms with Crippen LogP contribution < -0.4 is 5.32 Å². The average molecular weight is 256 g/mol. The number of carbonyl (C=O) groups is 1. The SMILES string of the molecule is O=C(O)CCCCNc1cc(F)ccc1[N+](=O)[O-]. The van der Waals surface area contributed by atoms with Crippen molar-refractivity contribution in [3.8, 4) is 0 Å². The minimum Gasteiger partial charge on any atom is -0.481 e. The second kappa shape index (κ2) is 6.53.